The Labute approximate surface area is 232 Å². The SMILES string of the molecule is C/C=C(\C=C(/C)CC(CCC)c1ccc(N(c2ccccc2)c2ccc(-c3ccccc3)cc2)cc1)[N+](=O)[O-]. The molecule has 0 aliphatic carbocycles. The van der Waals surface area contributed by atoms with E-state index in [0.29, 0.717) is 5.92 Å². The van der Waals surface area contributed by atoms with Crippen LogP contribution in [0.3, 0.4) is 0 Å². The van der Waals surface area contributed by atoms with Gasteiger partial charge in [-0.15, -0.1) is 0 Å². The lowest BCUT2D eigenvalue weighted by Crippen LogP contribution is -2.10. The Bertz CT molecular complexity index is 1410. The van der Waals surface area contributed by atoms with Crippen molar-refractivity contribution in [3.8, 4) is 11.1 Å². The first-order valence-corrected chi connectivity index (χ1v) is 13.6. The number of nitro groups is 1. The molecule has 4 heteroatoms. The molecule has 39 heavy (non-hydrogen) atoms. The Kier molecular flexibility index (Phi) is 9.47. The molecule has 1 unspecified atom stereocenters. The van der Waals surface area contributed by atoms with Crippen LogP contribution in [0.2, 0.25) is 0 Å². The molecule has 0 amide bonds. The Hall–Kier alpha value is -4.44. The molecule has 0 spiro atoms. The summed E-state index contributed by atoms with van der Waals surface area (Å²) in [5.41, 5.74) is 8.09. The zero-order chi connectivity index (χ0) is 27.6. The normalized spacial score (nSPS) is 12.7. The maximum absolute atomic E-state index is 11.3. The maximum Gasteiger partial charge on any atom is 0.265 e. The fourth-order valence-electron chi connectivity index (χ4n) is 5.03. The average Bonchev–Trinajstić information content (AvgIpc) is 2.97. The van der Waals surface area contributed by atoms with Crippen molar-refractivity contribution in [1.82, 2.24) is 0 Å². The molecule has 198 valence electrons. The molecule has 0 aliphatic heterocycles. The van der Waals surface area contributed by atoms with Gasteiger partial charge in [-0.1, -0.05) is 91.7 Å². The number of hydrogen-bond acceptors (Lipinski definition) is 3. The second-order valence-electron chi connectivity index (χ2n) is 9.83. The highest BCUT2D eigenvalue weighted by Crippen LogP contribution is 2.37. The Morgan fingerprint density at radius 1 is 0.795 bits per heavy atom. The number of hydrogen-bond donors (Lipinski definition) is 0. The van der Waals surface area contributed by atoms with Gasteiger partial charge in [-0.2, -0.15) is 0 Å². The van der Waals surface area contributed by atoms with Crippen LogP contribution < -0.4 is 4.90 Å². The lowest BCUT2D eigenvalue weighted by Gasteiger charge is -2.26. The summed E-state index contributed by atoms with van der Waals surface area (Å²) in [5.74, 6) is 0.306. The van der Waals surface area contributed by atoms with E-state index in [-0.39, 0.29) is 10.6 Å². The van der Waals surface area contributed by atoms with E-state index in [4.69, 9.17) is 0 Å². The fourth-order valence-corrected chi connectivity index (χ4v) is 5.03. The summed E-state index contributed by atoms with van der Waals surface area (Å²) in [4.78, 5) is 13.2. The summed E-state index contributed by atoms with van der Waals surface area (Å²) in [5, 5.41) is 11.3. The first kappa shape index (κ1) is 27.6. The van der Waals surface area contributed by atoms with Crippen molar-refractivity contribution in [3.63, 3.8) is 0 Å². The molecule has 1 atom stereocenters. The standard InChI is InChI=1S/C35H36N2O2/c1-4-12-31(25-27(3)26-32(5-2)37(38)39)30-19-23-35(24-20-30)36(33-15-10-7-11-16-33)34-21-17-29(18-22-34)28-13-8-6-9-14-28/h5-11,13-24,26,31H,4,12,25H2,1-3H3/b27-26+,32-5+. The molecule has 4 nitrogen and oxygen atoms in total. The Balaban J connectivity index is 1.63. The van der Waals surface area contributed by atoms with E-state index in [1.807, 2.05) is 19.1 Å². The molecule has 0 heterocycles. The number of anilines is 3. The minimum absolute atomic E-state index is 0.148. The van der Waals surface area contributed by atoms with E-state index in [2.05, 4.69) is 109 Å². The lowest BCUT2D eigenvalue weighted by atomic mass is 9.88. The third kappa shape index (κ3) is 7.11. The van der Waals surface area contributed by atoms with Gasteiger partial charge in [0.25, 0.3) is 5.70 Å². The Morgan fingerprint density at radius 2 is 1.31 bits per heavy atom. The van der Waals surface area contributed by atoms with Crippen molar-refractivity contribution in [3.05, 3.63) is 148 Å². The molecule has 4 aromatic rings. The molecule has 0 saturated heterocycles. The summed E-state index contributed by atoms with van der Waals surface area (Å²) in [7, 11) is 0. The number of benzene rings is 4. The Morgan fingerprint density at radius 3 is 1.85 bits per heavy atom. The summed E-state index contributed by atoms with van der Waals surface area (Å²) in [6.45, 7) is 5.88. The van der Waals surface area contributed by atoms with Crippen LogP contribution in [0, 0.1) is 10.1 Å². The van der Waals surface area contributed by atoms with Gasteiger partial charge in [-0.25, -0.2) is 0 Å². The molecule has 0 radical (unpaired) electrons. The summed E-state index contributed by atoms with van der Waals surface area (Å²) in [6.07, 6.45) is 6.12. The van der Waals surface area contributed by atoms with Gasteiger partial charge < -0.3 is 4.90 Å². The van der Waals surface area contributed by atoms with Gasteiger partial charge in [0.15, 0.2) is 0 Å². The van der Waals surface area contributed by atoms with Crippen molar-refractivity contribution in [1.29, 1.82) is 0 Å². The van der Waals surface area contributed by atoms with Crippen LogP contribution in [0.4, 0.5) is 17.1 Å². The molecule has 4 aromatic carbocycles. The van der Waals surface area contributed by atoms with Crippen LogP contribution >= 0.6 is 0 Å². The third-order valence-corrected chi connectivity index (χ3v) is 6.98. The highest BCUT2D eigenvalue weighted by Gasteiger charge is 2.16. The van der Waals surface area contributed by atoms with Crippen molar-refractivity contribution >= 4 is 17.1 Å². The minimum atomic E-state index is -0.322. The van der Waals surface area contributed by atoms with Gasteiger partial charge in [-0.3, -0.25) is 10.1 Å². The molecule has 4 rings (SSSR count). The van der Waals surface area contributed by atoms with Crippen LogP contribution in [0.25, 0.3) is 11.1 Å². The van der Waals surface area contributed by atoms with Crippen LogP contribution in [-0.2, 0) is 0 Å². The molecule has 0 bridgehead atoms. The van der Waals surface area contributed by atoms with Crippen LogP contribution in [0.1, 0.15) is 51.5 Å². The molecular formula is C35H36N2O2. The van der Waals surface area contributed by atoms with Gasteiger partial charge in [0.1, 0.15) is 0 Å². The number of para-hydroxylation sites is 1. The molecule has 0 saturated carbocycles. The van der Waals surface area contributed by atoms with Crippen LogP contribution in [-0.4, -0.2) is 4.92 Å². The van der Waals surface area contributed by atoms with Gasteiger partial charge in [0, 0.05) is 23.1 Å². The predicted octanol–water partition coefficient (Wildman–Crippen LogP) is 10.2. The van der Waals surface area contributed by atoms with Gasteiger partial charge in [0.05, 0.1) is 4.92 Å². The number of allylic oxidation sites excluding steroid dienone is 3. The minimum Gasteiger partial charge on any atom is -0.311 e. The van der Waals surface area contributed by atoms with E-state index < -0.39 is 0 Å². The molecule has 0 aromatic heterocycles. The van der Waals surface area contributed by atoms with Crippen molar-refractivity contribution in [2.45, 2.75) is 46.0 Å². The maximum atomic E-state index is 11.3. The first-order valence-electron chi connectivity index (χ1n) is 13.6. The van der Waals surface area contributed by atoms with E-state index in [1.54, 1.807) is 19.1 Å². The molecule has 0 fully saturated rings. The van der Waals surface area contributed by atoms with Crippen LogP contribution in [0.5, 0.6) is 0 Å². The largest absolute Gasteiger partial charge is 0.311 e. The second kappa shape index (κ2) is 13.4. The van der Waals surface area contributed by atoms with Crippen molar-refractivity contribution in [2.24, 2.45) is 0 Å². The van der Waals surface area contributed by atoms with E-state index in [1.165, 1.54) is 16.7 Å². The fraction of sp³-hybridized carbons (Fsp3) is 0.200. The first-order chi connectivity index (χ1) is 19.0. The van der Waals surface area contributed by atoms with E-state index in [9.17, 15) is 10.1 Å². The van der Waals surface area contributed by atoms with Gasteiger partial charge >= 0.3 is 0 Å². The number of nitrogens with zero attached hydrogens (tertiary/aromatic N) is 2. The second-order valence-corrected chi connectivity index (χ2v) is 9.83. The molecule has 0 aliphatic rings. The van der Waals surface area contributed by atoms with Gasteiger partial charge in [0.2, 0.25) is 0 Å². The zero-order valence-electron chi connectivity index (χ0n) is 23.0. The van der Waals surface area contributed by atoms with E-state index >= 15 is 0 Å². The summed E-state index contributed by atoms with van der Waals surface area (Å²) < 4.78 is 0. The van der Waals surface area contributed by atoms with Crippen LogP contribution in [0.15, 0.2) is 133 Å². The average molecular weight is 517 g/mol. The predicted molar refractivity (Wildman–Crippen MR) is 163 cm³/mol. The zero-order valence-corrected chi connectivity index (χ0v) is 23.0. The van der Waals surface area contributed by atoms with E-state index in [0.717, 1.165) is 41.9 Å². The highest BCUT2D eigenvalue weighted by atomic mass is 16.6. The van der Waals surface area contributed by atoms with Crippen molar-refractivity contribution in [2.75, 3.05) is 4.90 Å². The lowest BCUT2D eigenvalue weighted by molar-refractivity contribution is -0.419. The highest BCUT2D eigenvalue weighted by molar-refractivity contribution is 5.78. The summed E-state index contributed by atoms with van der Waals surface area (Å²) >= 11 is 0. The monoisotopic (exact) mass is 516 g/mol. The number of rotatable bonds is 11. The molecule has 0 N–H and O–H groups in total. The topological polar surface area (TPSA) is 46.4 Å². The quantitative estimate of drug-likeness (QED) is 0.113. The smallest absolute Gasteiger partial charge is 0.265 e. The van der Waals surface area contributed by atoms with Crippen molar-refractivity contribution < 1.29 is 4.92 Å². The molecular weight excluding hydrogens is 480 g/mol. The summed E-state index contributed by atoms with van der Waals surface area (Å²) in [6, 6.07) is 38.3. The third-order valence-electron chi connectivity index (χ3n) is 6.98. The van der Waals surface area contributed by atoms with Gasteiger partial charge in [-0.05, 0) is 91.8 Å².